The summed E-state index contributed by atoms with van der Waals surface area (Å²) in [5.74, 6) is 0.625. The monoisotopic (exact) mass is 435 g/mol. The maximum absolute atomic E-state index is 13.0. The van der Waals surface area contributed by atoms with Crippen molar-refractivity contribution in [2.24, 2.45) is 11.7 Å². The molecule has 0 spiro atoms. The lowest BCUT2D eigenvalue weighted by molar-refractivity contribution is 0.0786. The fourth-order valence-electron chi connectivity index (χ4n) is 4.24. The van der Waals surface area contributed by atoms with E-state index in [4.69, 9.17) is 5.73 Å². The molecule has 0 saturated carbocycles. The minimum absolute atomic E-state index is 0. The van der Waals surface area contributed by atoms with E-state index in [1.54, 1.807) is 24.3 Å². The summed E-state index contributed by atoms with van der Waals surface area (Å²) in [5.41, 5.74) is 8.38. The van der Waals surface area contributed by atoms with Crippen molar-refractivity contribution in [3.63, 3.8) is 0 Å². The molecule has 156 valence electrons. The van der Waals surface area contributed by atoms with Gasteiger partial charge in [0.25, 0.3) is 5.91 Å². The molecule has 8 heteroatoms. The van der Waals surface area contributed by atoms with Crippen LogP contribution in [-0.4, -0.2) is 51.2 Å². The summed E-state index contributed by atoms with van der Waals surface area (Å²) in [5, 5.41) is 0. The summed E-state index contributed by atoms with van der Waals surface area (Å²) in [4.78, 5) is 14.9. The zero-order chi connectivity index (χ0) is 19.7. The number of likely N-dealkylation sites (tertiary alicyclic amines) is 1. The Morgan fingerprint density at radius 3 is 2.31 bits per heavy atom. The van der Waals surface area contributed by atoms with Crippen LogP contribution >= 0.6 is 12.4 Å². The van der Waals surface area contributed by atoms with Crippen molar-refractivity contribution < 1.29 is 13.2 Å². The first-order valence-electron chi connectivity index (χ1n) is 9.64. The number of benzene rings is 2. The fraction of sp³-hybridized carbons (Fsp3) is 0.381. The van der Waals surface area contributed by atoms with Gasteiger partial charge in [-0.1, -0.05) is 30.3 Å². The van der Waals surface area contributed by atoms with Crippen LogP contribution in [0.3, 0.4) is 0 Å². The summed E-state index contributed by atoms with van der Waals surface area (Å²) in [6.45, 7) is 2.32. The van der Waals surface area contributed by atoms with Crippen molar-refractivity contribution in [1.29, 1.82) is 0 Å². The lowest BCUT2D eigenvalue weighted by Crippen LogP contribution is -2.30. The Balaban J connectivity index is 0.00000240. The van der Waals surface area contributed by atoms with Gasteiger partial charge in [-0.25, -0.2) is 8.42 Å². The summed E-state index contributed by atoms with van der Waals surface area (Å²) in [6, 6.07) is 17.1. The molecule has 1 amide bonds. The smallest absolute Gasteiger partial charge is 0.253 e. The molecule has 0 aliphatic carbocycles. The third-order valence-electron chi connectivity index (χ3n) is 5.76. The second kappa shape index (κ2) is 8.73. The van der Waals surface area contributed by atoms with Crippen LogP contribution in [0.25, 0.3) is 0 Å². The molecule has 29 heavy (non-hydrogen) atoms. The van der Waals surface area contributed by atoms with Crippen molar-refractivity contribution in [3.8, 4) is 0 Å². The average molecular weight is 436 g/mol. The summed E-state index contributed by atoms with van der Waals surface area (Å²) in [6.07, 6.45) is 0.637. The molecule has 2 heterocycles. The first-order chi connectivity index (χ1) is 13.5. The SMILES string of the molecule is Cl.NC[C@@H]1CN(C(=O)c2ccc(N3CCCS3(=O)=O)cc2)C[C@H]1c1ccccc1. The average Bonchev–Trinajstić information content (AvgIpc) is 3.31. The van der Waals surface area contributed by atoms with E-state index in [-0.39, 0.29) is 35.9 Å². The highest BCUT2D eigenvalue weighted by Gasteiger charge is 2.35. The van der Waals surface area contributed by atoms with Crippen LogP contribution in [0.5, 0.6) is 0 Å². The summed E-state index contributed by atoms with van der Waals surface area (Å²) in [7, 11) is -3.21. The standard InChI is InChI=1S/C21H25N3O3S.ClH/c22-13-18-14-23(15-20(18)16-5-2-1-3-6-16)21(25)17-7-9-19(10-8-17)24-11-4-12-28(24,26)27;/h1-3,5-10,18,20H,4,11-15,22H2;1H/t18-,20+;/m1./s1. The molecule has 0 bridgehead atoms. The lowest BCUT2D eigenvalue weighted by atomic mass is 9.89. The Bertz CT molecular complexity index is 951. The molecule has 2 aliphatic rings. The normalized spacial score (nSPS) is 23.1. The predicted molar refractivity (Wildman–Crippen MR) is 117 cm³/mol. The molecule has 0 radical (unpaired) electrons. The quantitative estimate of drug-likeness (QED) is 0.799. The van der Waals surface area contributed by atoms with E-state index in [0.717, 1.165) is 0 Å². The van der Waals surface area contributed by atoms with Crippen molar-refractivity contribution >= 4 is 34.0 Å². The van der Waals surface area contributed by atoms with Gasteiger partial charge in [-0.15, -0.1) is 12.4 Å². The highest BCUT2D eigenvalue weighted by Crippen LogP contribution is 2.33. The molecule has 4 rings (SSSR count). The Kier molecular flexibility index (Phi) is 6.51. The maximum atomic E-state index is 13.0. The van der Waals surface area contributed by atoms with E-state index >= 15 is 0 Å². The van der Waals surface area contributed by atoms with Gasteiger partial charge in [-0.05, 0) is 48.7 Å². The molecule has 2 aromatic rings. The van der Waals surface area contributed by atoms with Gasteiger partial charge in [0.1, 0.15) is 0 Å². The zero-order valence-electron chi connectivity index (χ0n) is 16.1. The van der Waals surface area contributed by atoms with E-state index in [1.165, 1.54) is 9.87 Å². The van der Waals surface area contributed by atoms with Crippen molar-refractivity contribution in [1.82, 2.24) is 4.90 Å². The van der Waals surface area contributed by atoms with Crippen molar-refractivity contribution in [2.45, 2.75) is 12.3 Å². The number of amides is 1. The van der Waals surface area contributed by atoms with Gasteiger partial charge in [-0.2, -0.15) is 0 Å². The third-order valence-corrected chi connectivity index (χ3v) is 7.63. The van der Waals surface area contributed by atoms with E-state index in [2.05, 4.69) is 12.1 Å². The van der Waals surface area contributed by atoms with Gasteiger partial charge < -0.3 is 10.6 Å². The molecule has 2 aromatic carbocycles. The Morgan fingerprint density at radius 1 is 1.03 bits per heavy atom. The summed E-state index contributed by atoms with van der Waals surface area (Å²) < 4.78 is 25.6. The number of nitrogens with zero attached hydrogens (tertiary/aromatic N) is 2. The van der Waals surface area contributed by atoms with Crippen LogP contribution in [-0.2, 0) is 10.0 Å². The molecular weight excluding hydrogens is 410 g/mol. The molecule has 2 aliphatic heterocycles. The topological polar surface area (TPSA) is 83.7 Å². The molecule has 2 atom stereocenters. The van der Waals surface area contributed by atoms with E-state index in [9.17, 15) is 13.2 Å². The number of halogens is 1. The molecule has 0 unspecified atom stereocenters. The minimum atomic E-state index is -3.21. The number of nitrogens with two attached hydrogens (primary N) is 1. The second-order valence-electron chi connectivity index (χ2n) is 7.51. The molecule has 6 nitrogen and oxygen atoms in total. The van der Waals surface area contributed by atoms with Crippen LogP contribution in [0.4, 0.5) is 5.69 Å². The van der Waals surface area contributed by atoms with E-state index in [1.807, 2.05) is 23.1 Å². The predicted octanol–water partition coefficient (Wildman–Crippen LogP) is 2.46. The Labute approximate surface area is 178 Å². The zero-order valence-corrected chi connectivity index (χ0v) is 17.7. The number of anilines is 1. The number of hydrogen-bond acceptors (Lipinski definition) is 4. The molecule has 2 N–H and O–H groups in total. The highest BCUT2D eigenvalue weighted by atomic mass is 35.5. The third kappa shape index (κ3) is 4.27. The molecule has 2 fully saturated rings. The van der Waals surface area contributed by atoms with Gasteiger partial charge >= 0.3 is 0 Å². The Hall–Kier alpha value is -2.09. The number of rotatable bonds is 4. The van der Waals surface area contributed by atoms with Gasteiger partial charge in [-0.3, -0.25) is 9.10 Å². The number of sulfonamides is 1. The van der Waals surface area contributed by atoms with Crippen LogP contribution < -0.4 is 10.0 Å². The molecule has 2 saturated heterocycles. The van der Waals surface area contributed by atoms with Crippen molar-refractivity contribution in [3.05, 3.63) is 65.7 Å². The maximum Gasteiger partial charge on any atom is 0.253 e. The van der Waals surface area contributed by atoms with Gasteiger partial charge in [0.15, 0.2) is 0 Å². The van der Waals surface area contributed by atoms with Gasteiger partial charge in [0.05, 0.1) is 11.4 Å². The first kappa shape index (κ1) is 21.6. The lowest BCUT2D eigenvalue weighted by Gasteiger charge is -2.19. The molecular formula is C21H26ClN3O3S. The van der Waals surface area contributed by atoms with Crippen LogP contribution in [0.1, 0.15) is 28.3 Å². The molecule has 0 aromatic heterocycles. The fourth-order valence-corrected chi connectivity index (χ4v) is 5.80. The van der Waals surface area contributed by atoms with Crippen LogP contribution in [0.15, 0.2) is 54.6 Å². The van der Waals surface area contributed by atoms with Crippen LogP contribution in [0.2, 0.25) is 0 Å². The second-order valence-corrected chi connectivity index (χ2v) is 9.52. The highest BCUT2D eigenvalue weighted by molar-refractivity contribution is 7.93. The van der Waals surface area contributed by atoms with E-state index < -0.39 is 10.0 Å². The number of hydrogen-bond donors (Lipinski definition) is 1. The minimum Gasteiger partial charge on any atom is -0.338 e. The largest absolute Gasteiger partial charge is 0.338 e. The van der Waals surface area contributed by atoms with Crippen molar-refractivity contribution in [2.75, 3.05) is 36.2 Å². The Morgan fingerprint density at radius 2 is 1.72 bits per heavy atom. The van der Waals surface area contributed by atoms with Gasteiger partial charge in [0.2, 0.25) is 10.0 Å². The van der Waals surface area contributed by atoms with Crippen LogP contribution in [0, 0.1) is 5.92 Å². The van der Waals surface area contributed by atoms with Gasteiger partial charge in [0, 0.05) is 31.1 Å². The van der Waals surface area contributed by atoms with E-state index in [0.29, 0.717) is 43.9 Å². The first-order valence-corrected chi connectivity index (χ1v) is 11.3. The number of carbonyl (C=O) groups excluding carboxylic acids is 1. The number of carbonyl (C=O) groups is 1. The summed E-state index contributed by atoms with van der Waals surface area (Å²) >= 11 is 0.